The van der Waals surface area contributed by atoms with E-state index in [0.717, 1.165) is 18.2 Å². The molecule has 0 radical (unpaired) electrons. The van der Waals surface area contributed by atoms with Gasteiger partial charge in [0.25, 0.3) is 5.91 Å². The highest BCUT2D eigenvalue weighted by atomic mass is 19.2. The number of phenols is 1. The molecule has 0 spiro atoms. The summed E-state index contributed by atoms with van der Waals surface area (Å²) in [5, 5.41) is 11.8. The molecule has 0 fully saturated rings. The number of hydrogen-bond acceptors (Lipinski definition) is 5. The predicted octanol–water partition coefficient (Wildman–Crippen LogP) is 2.87. The van der Waals surface area contributed by atoms with Gasteiger partial charge < -0.3 is 19.9 Å². The molecule has 0 atom stereocenters. The summed E-state index contributed by atoms with van der Waals surface area (Å²) in [6.45, 7) is -0.596. The lowest BCUT2D eigenvalue weighted by atomic mass is 10.2. The number of halogens is 2. The maximum Gasteiger partial charge on any atom is 0.331 e. The van der Waals surface area contributed by atoms with E-state index >= 15 is 0 Å². The molecule has 8 heteroatoms. The van der Waals surface area contributed by atoms with Gasteiger partial charge in [0, 0.05) is 17.8 Å². The first-order chi connectivity index (χ1) is 12.4. The van der Waals surface area contributed by atoms with Crippen molar-refractivity contribution in [2.24, 2.45) is 0 Å². The standard InChI is InChI=1S/C18H15F2NO5/c1-25-16-8-11(2-6-15(16)22)3-7-18(24)26-10-17(23)21-12-4-5-13(19)14(20)9-12/h2-9,22H,10H2,1H3,(H,21,23)/b7-3+. The van der Waals surface area contributed by atoms with E-state index in [0.29, 0.717) is 5.56 Å². The van der Waals surface area contributed by atoms with Crippen LogP contribution in [0.3, 0.4) is 0 Å². The van der Waals surface area contributed by atoms with Crippen molar-refractivity contribution in [3.63, 3.8) is 0 Å². The monoisotopic (exact) mass is 363 g/mol. The molecule has 26 heavy (non-hydrogen) atoms. The number of nitrogens with one attached hydrogen (secondary N) is 1. The molecule has 2 aromatic rings. The highest BCUT2D eigenvalue weighted by Crippen LogP contribution is 2.26. The molecule has 1 amide bonds. The Morgan fingerprint density at radius 1 is 1.15 bits per heavy atom. The van der Waals surface area contributed by atoms with Crippen molar-refractivity contribution in [2.75, 3.05) is 19.0 Å². The number of rotatable bonds is 6. The lowest BCUT2D eigenvalue weighted by molar-refractivity contribution is -0.142. The number of hydrogen-bond donors (Lipinski definition) is 2. The number of carbonyl (C=O) groups is 2. The fourth-order valence-corrected chi connectivity index (χ4v) is 1.92. The Morgan fingerprint density at radius 3 is 2.62 bits per heavy atom. The Balaban J connectivity index is 1.85. The number of aromatic hydroxyl groups is 1. The molecule has 2 N–H and O–H groups in total. The summed E-state index contributed by atoms with van der Waals surface area (Å²) in [6.07, 6.45) is 2.51. The van der Waals surface area contributed by atoms with E-state index in [1.807, 2.05) is 0 Å². The summed E-state index contributed by atoms with van der Waals surface area (Å²) < 4.78 is 35.5. The fraction of sp³-hybridized carbons (Fsp3) is 0.111. The van der Waals surface area contributed by atoms with E-state index in [1.165, 1.54) is 31.4 Å². The summed E-state index contributed by atoms with van der Waals surface area (Å²) >= 11 is 0. The van der Waals surface area contributed by atoms with Gasteiger partial charge in [0.05, 0.1) is 7.11 Å². The Hall–Kier alpha value is -3.42. The normalized spacial score (nSPS) is 10.6. The Labute approximate surface area is 147 Å². The second kappa shape index (κ2) is 8.61. The Bertz CT molecular complexity index is 851. The van der Waals surface area contributed by atoms with Crippen molar-refractivity contribution < 1.29 is 33.0 Å². The van der Waals surface area contributed by atoms with Crippen molar-refractivity contribution >= 4 is 23.6 Å². The lowest BCUT2D eigenvalue weighted by Crippen LogP contribution is -2.20. The smallest absolute Gasteiger partial charge is 0.331 e. The molecule has 0 saturated carbocycles. The van der Waals surface area contributed by atoms with Gasteiger partial charge in [-0.15, -0.1) is 0 Å². The molecular weight excluding hydrogens is 348 g/mol. The molecule has 2 aromatic carbocycles. The maximum absolute atomic E-state index is 13.0. The molecule has 0 heterocycles. The Kier molecular flexibility index (Phi) is 6.26. The summed E-state index contributed by atoms with van der Waals surface area (Å²) in [7, 11) is 1.39. The van der Waals surface area contributed by atoms with Crippen LogP contribution in [0.1, 0.15) is 5.56 Å². The van der Waals surface area contributed by atoms with E-state index < -0.39 is 30.1 Å². The molecule has 0 saturated heterocycles. The molecule has 0 aliphatic rings. The zero-order valence-electron chi connectivity index (χ0n) is 13.7. The molecule has 0 unspecified atom stereocenters. The van der Waals surface area contributed by atoms with Crippen LogP contribution in [0, 0.1) is 11.6 Å². The predicted molar refractivity (Wildman–Crippen MR) is 89.6 cm³/mol. The Morgan fingerprint density at radius 2 is 1.92 bits per heavy atom. The van der Waals surface area contributed by atoms with Gasteiger partial charge in [0.2, 0.25) is 0 Å². The van der Waals surface area contributed by atoms with E-state index in [-0.39, 0.29) is 17.2 Å². The van der Waals surface area contributed by atoms with Gasteiger partial charge in [0.1, 0.15) is 0 Å². The number of esters is 1. The largest absolute Gasteiger partial charge is 0.504 e. The maximum atomic E-state index is 13.0. The first kappa shape index (κ1) is 18.9. The average Bonchev–Trinajstić information content (AvgIpc) is 2.62. The number of carbonyl (C=O) groups excluding carboxylic acids is 2. The van der Waals surface area contributed by atoms with Gasteiger partial charge in [0.15, 0.2) is 29.7 Å². The zero-order valence-corrected chi connectivity index (χ0v) is 13.7. The van der Waals surface area contributed by atoms with Gasteiger partial charge in [-0.1, -0.05) is 6.07 Å². The summed E-state index contributed by atoms with van der Waals surface area (Å²) in [6, 6.07) is 7.32. The van der Waals surface area contributed by atoms with E-state index in [1.54, 1.807) is 6.07 Å². The summed E-state index contributed by atoms with van der Waals surface area (Å²) in [5.41, 5.74) is 0.611. The van der Waals surface area contributed by atoms with Crippen LogP contribution in [0.5, 0.6) is 11.5 Å². The number of ether oxygens (including phenoxy) is 2. The average molecular weight is 363 g/mol. The van der Waals surface area contributed by atoms with Crippen LogP contribution in [0.15, 0.2) is 42.5 Å². The van der Waals surface area contributed by atoms with Gasteiger partial charge in [-0.3, -0.25) is 4.79 Å². The highest BCUT2D eigenvalue weighted by molar-refractivity contribution is 5.94. The van der Waals surface area contributed by atoms with Gasteiger partial charge >= 0.3 is 5.97 Å². The first-order valence-electron chi connectivity index (χ1n) is 7.36. The molecular formula is C18H15F2NO5. The minimum atomic E-state index is -1.10. The van der Waals surface area contributed by atoms with Crippen LogP contribution in [0.4, 0.5) is 14.5 Å². The van der Waals surface area contributed by atoms with Crippen LogP contribution in [-0.2, 0) is 14.3 Å². The number of benzene rings is 2. The first-order valence-corrected chi connectivity index (χ1v) is 7.36. The third kappa shape index (κ3) is 5.30. The minimum absolute atomic E-state index is 0.0386. The molecule has 2 rings (SSSR count). The zero-order chi connectivity index (χ0) is 19.1. The van der Waals surface area contributed by atoms with Crippen LogP contribution in [0.2, 0.25) is 0 Å². The molecule has 0 aromatic heterocycles. The number of anilines is 1. The van der Waals surface area contributed by atoms with Crippen molar-refractivity contribution in [3.05, 3.63) is 59.7 Å². The van der Waals surface area contributed by atoms with E-state index in [4.69, 9.17) is 9.47 Å². The van der Waals surface area contributed by atoms with Crippen LogP contribution >= 0.6 is 0 Å². The topological polar surface area (TPSA) is 84.9 Å². The van der Waals surface area contributed by atoms with Crippen molar-refractivity contribution in [2.45, 2.75) is 0 Å². The number of methoxy groups -OCH3 is 1. The van der Waals surface area contributed by atoms with Crippen LogP contribution in [-0.4, -0.2) is 30.7 Å². The van der Waals surface area contributed by atoms with Gasteiger partial charge in [-0.2, -0.15) is 0 Å². The summed E-state index contributed by atoms with van der Waals surface area (Å²) in [5.74, 6) is -3.42. The fourth-order valence-electron chi connectivity index (χ4n) is 1.92. The third-order valence-corrected chi connectivity index (χ3v) is 3.16. The van der Waals surface area contributed by atoms with Gasteiger partial charge in [-0.05, 0) is 35.9 Å². The van der Waals surface area contributed by atoms with E-state index in [9.17, 15) is 23.5 Å². The third-order valence-electron chi connectivity index (χ3n) is 3.16. The molecule has 0 bridgehead atoms. The van der Waals surface area contributed by atoms with Crippen molar-refractivity contribution in [3.8, 4) is 11.5 Å². The molecule has 6 nitrogen and oxygen atoms in total. The number of phenolic OH excluding ortho intramolecular Hbond substituents is 1. The minimum Gasteiger partial charge on any atom is -0.504 e. The van der Waals surface area contributed by atoms with Crippen molar-refractivity contribution in [1.82, 2.24) is 0 Å². The van der Waals surface area contributed by atoms with Crippen LogP contribution in [0.25, 0.3) is 6.08 Å². The quantitative estimate of drug-likeness (QED) is 0.609. The van der Waals surface area contributed by atoms with E-state index in [2.05, 4.69) is 5.32 Å². The highest BCUT2D eigenvalue weighted by Gasteiger charge is 2.08. The number of amides is 1. The summed E-state index contributed by atoms with van der Waals surface area (Å²) in [4.78, 5) is 23.2. The van der Waals surface area contributed by atoms with Gasteiger partial charge in [-0.25, -0.2) is 13.6 Å². The second-order valence-corrected chi connectivity index (χ2v) is 5.05. The molecule has 136 valence electrons. The molecule has 0 aliphatic heterocycles. The van der Waals surface area contributed by atoms with Crippen molar-refractivity contribution in [1.29, 1.82) is 0 Å². The second-order valence-electron chi connectivity index (χ2n) is 5.05. The molecule has 0 aliphatic carbocycles. The SMILES string of the molecule is COc1cc(/C=C/C(=O)OCC(=O)Nc2ccc(F)c(F)c2)ccc1O. The van der Waals surface area contributed by atoms with Crippen LogP contribution < -0.4 is 10.1 Å². The lowest BCUT2D eigenvalue weighted by Gasteiger charge is -2.06.